The average Bonchev–Trinajstić information content (AvgIpc) is 3.38. The zero-order valence-electron chi connectivity index (χ0n) is 25.7. The summed E-state index contributed by atoms with van der Waals surface area (Å²) in [4.78, 5) is 0. The molecule has 3 heteroatoms. The van der Waals surface area contributed by atoms with Gasteiger partial charge in [-0.3, -0.25) is 0 Å². The number of hydrogen-bond donors (Lipinski definition) is 0. The van der Waals surface area contributed by atoms with Gasteiger partial charge < -0.3 is 4.42 Å². The molecule has 7 rings (SSSR count). The topological polar surface area (TPSA) is 40.8 Å². The Morgan fingerprint density at radius 1 is 0.897 bits per heavy atom. The lowest BCUT2D eigenvalue weighted by molar-refractivity contribution is -0.660. The van der Waals surface area contributed by atoms with Gasteiger partial charge >= 0.3 is 0 Å². The van der Waals surface area contributed by atoms with Crippen molar-refractivity contribution in [1.29, 1.82) is 5.26 Å². The van der Waals surface area contributed by atoms with Crippen LogP contribution < -0.4 is 4.57 Å². The first-order chi connectivity index (χ1) is 20.2. The summed E-state index contributed by atoms with van der Waals surface area (Å²) in [6, 6.07) is 22.3. The highest BCUT2D eigenvalue weighted by atomic mass is 16.3. The lowest BCUT2D eigenvalue weighted by Crippen LogP contribution is -2.30. The number of aryl methyl sites for hydroxylation is 2. The molecular formula is C36H35N2O+. The summed E-state index contributed by atoms with van der Waals surface area (Å²) in [7, 11) is 2.02. The molecule has 0 radical (unpaired) electrons. The molecule has 194 valence electrons. The molecule has 1 atom stereocenters. The van der Waals surface area contributed by atoms with E-state index in [1.807, 2.05) is 55.7 Å². The molecule has 1 saturated carbocycles. The second-order valence-corrected chi connectivity index (χ2v) is 11.2. The second kappa shape index (κ2) is 9.69. The van der Waals surface area contributed by atoms with Crippen molar-refractivity contribution in [1.82, 2.24) is 0 Å². The molecule has 5 aromatic rings. The quantitative estimate of drug-likeness (QED) is 0.226. The first-order valence-corrected chi connectivity index (χ1v) is 14.2. The van der Waals surface area contributed by atoms with E-state index < -0.39 is 12.3 Å². The summed E-state index contributed by atoms with van der Waals surface area (Å²) in [6.45, 7) is 2.08. The lowest BCUT2D eigenvalue weighted by atomic mass is 9.69. The molecule has 0 spiro atoms. The van der Waals surface area contributed by atoms with Crippen LogP contribution in [0.3, 0.4) is 0 Å². The third-order valence-electron chi connectivity index (χ3n) is 8.92. The zero-order chi connectivity index (χ0) is 29.2. The van der Waals surface area contributed by atoms with Crippen molar-refractivity contribution in [2.45, 2.75) is 64.1 Å². The van der Waals surface area contributed by atoms with Gasteiger partial charge in [0.25, 0.3) is 0 Å². The fraction of sp³-hybridized carbons (Fsp3) is 0.333. The summed E-state index contributed by atoms with van der Waals surface area (Å²) in [5.41, 5.74) is 7.57. The van der Waals surface area contributed by atoms with Gasteiger partial charge in [-0.15, -0.1) is 0 Å². The van der Waals surface area contributed by atoms with Gasteiger partial charge in [-0.2, -0.15) is 5.26 Å². The van der Waals surface area contributed by atoms with E-state index in [1.165, 1.54) is 6.42 Å². The largest absolute Gasteiger partial charge is 0.454 e. The molecule has 1 unspecified atom stereocenters. The molecule has 2 heterocycles. The summed E-state index contributed by atoms with van der Waals surface area (Å²) in [6.07, 6.45) is 6.70. The normalized spacial score (nSPS) is 22.1. The van der Waals surface area contributed by atoms with E-state index >= 15 is 0 Å². The van der Waals surface area contributed by atoms with Crippen LogP contribution in [0.2, 0.25) is 0 Å². The highest BCUT2D eigenvalue weighted by Crippen LogP contribution is 2.48. The van der Waals surface area contributed by atoms with Crippen molar-refractivity contribution < 1.29 is 13.1 Å². The third-order valence-corrected chi connectivity index (χ3v) is 8.92. The number of fused-ring (bicyclic) bond motifs is 4. The van der Waals surface area contributed by atoms with E-state index in [-0.39, 0.29) is 5.92 Å². The Kier molecular flexibility index (Phi) is 5.21. The summed E-state index contributed by atoms with van der Waals surface area (Å²) in [5, 5.41) is 12.2. The summed E-state index contributed by atoms with van der Waals surface area (Å²) >= 11 is 0. The number of nitriles is 1. The molecule has 2 aromatic heterocycles. The molecule has 39 heavy (non-hydrogen) atoms. The SMILES string of the molecule is [2H]C1([2H])CCC([2H])(C2CCCCC2)c2cccc(-c3c(C#N)ccc4c3oc3c(-c5cccc[n+]5C)c(C)ccc34)c21. The Bertz CT molecular complexity index is 1910. The number of benzene rings is 3. The van der Waals surface area contributed by atoms with Crippen LogP contribution in [0.15, 0.2) is 71.3 Å². The van der Waals surface area contributed by atoms with Gasteiger partial charge in [-0.25, -0.2) is 4.57 Å². The van der Waals surface area contributed by atoms with Crippen LogP contribution in [-0.4, -0.2) is 0 Å². The van der Waals surface area contributed by atoms with E-state index in [9.17, 15) is 9.37 Å². The second-order valence-electron chi connectivity index (χ2n) is 11.2. The maximum absolute atomic E-state index is 10.3. The van der Waals surface area contributed by atoms with Gasteiger partial charge in [-0.1, -0.05) is 49.6 Å². The predicted molar refractivity (Wildman–Crippen MR) is 157 cm³/mol. The highest BCUT2D eigenvalue weighted by Gasteiger charge is 2.31. The molecule has 1 fully saturated rings. The fourth-order valence-electron chi connectivity index (χ4n) is 7.01. The minimum absolute atomic E-state index is 0.214. The molecule has 3 aromatic carbocycles. The maximum Gasteiger partial charge on any atom is 0.216 e. The van der Waals surface area contributed by atoms with E-state index in [0.717, 1.165) is 64.4 Å². The lowest BCUT2D eigenvalue weighted by Gasteiger charge is -2.35. The van der Waals surface area contributed by atoms with Gasteiger partial charge in [0.1, 0.15) is 18.2 Å². The summed E-state index contributed by atoms with van der Waals surface area (Å²) in [5.74, 6) is -0.621. The van der Waals surface area contributed by atoms with Gasteiger partial charge in [0.15, 0.2) is 6.20 Å². The van der Waals surface area contributed by atoms with Crippen molar-refractivity contribution in [2.24, 2.45) is 13.0 Å². The molecule has 0 N–H and O–H groups in total. The van der Waals surface area contributed by atoms with Gasteiger partial charge in [0.2, 0.25) is 5.69 Å². The van der Waals surface area contributed by atoms with Crippen LogP contribution in [0.25, 0.3) is 44.3 Å². The minimum atomic E-state index is -1.62. The van der Waals surface area contributed by atoms with E-state index in [4.69, 9.17) is 4.42 Å². The van der Waals surface area contributed by atoms with Crippen LogP contribution in [0.5, 0.6) is 0 Å². The monoisotopic (exact) mass is 514 g/mol. The van der Waals surface area contributed by atoms with Crippen molar-refractivity contribution in [3.05, 3.63) is 89.1 Å². The molecular weight excluding hydrogens is 476 g/mol. The number of aromatic nitrogens is 1. The number of rotatable bonds is 3. The highest BCUT2D eigenvalue weighted by molar-refractivity contribution is 6.14. The van der Waals surface area contributed by atoms with Crippen molar-refractivity contribution >= 4 is 21.9 Å². The van der Waals surface area contributed by atoms with Crippen LogP contribution in [0, 0.1) is 24.2 Å². The van der Waals surface area contributed by atoms with Gasteiger partial charge in [0.05, 0.1) is 17.2 Å². The third kappa shape index (κ3) is 3.89. The fourth-order valence-corrected chi connectivity index (χ4v) is 7.01. The maximum atomic E-state index is 10.3. The van der Waals surface area contributed by atoms with Crippen molar-refractivity contribution in [3.63, 3.8) is 0 Å². The average molecular weight is 515 g/mol. The summed E-state index contributed by atoms with van der Waals surface area (Å²) < 4.78 is 37.1. The number of furan rings is 1. The minimum Gasteiger partial charge on any atom is -0.454 e. The molecule has 2 aliphatic carbocycles. The Morgan fingerprint density at radius 3 is 2.49 bits per heavy atom. The first-order valence-electron chi connectivity index (χ1n) is 15.7. The van der Waals surface area contributed by atoms with Crippen LogP contribution in [0.4, 0.5) is 0 Å². The van der Waals surface area contributed by atoms with E-state index in [1.54, 1.807) is 0 Å². The Hall–Kier alpha value is -3.90. The van der Waals surface area contributed by atoms with E-state index in [2.05, 4.69) is 35.8 Å². The standard InChI is InChI=1S/C36H35N2O/c1-23-17-19-30-31-20-18-25(22-37)34(36(31)39-35(30)33(23)32-16-6-7-21-38(32)2)29-15-9-13-27-26(12-8-14-28(27)29)24-10-4-3-5-11-24/h6-7,9,13,15-21,24,26H,3-5,8,10-12,14H2,1-2H3/q+1/i14D2,26D. The smallest absolute Gasteiger partial charge is 0.216 e. The Labute approximate surface area is 234 Å². The number of pyridine rings is 1. The van der Waals surface area contributed by atoms with Crippen molar-refractivity contribution in [3.8, 4) is 28.5 Å². The van der Waals surface area contributed by atoms with Crippen LogP contribution >= 0.6 is 0 Å². The van der Waals surface area contributed by atoms with E-state index in [0.29, 0.717) is 40.7 Å². The molecule has 0 aliphatic heterocycles. The number of nitrogens with zero attached hydrogens (tertiary/aromatic N) is 2. The molecule has 2 aliphatic rings. The molecule has 0 amide bonds. The Balaban J connectivity index is 1.54. The molecule has 0 saturated heterocycles. The van der Waals surface area contributed by atoms with Crippen LogP contribution in [-0.2, 0) is 13.4 Å². The first kappa shape index (κ1) is 21.0. The molecule has 0 bridgehead atoms. The zero-order valence-corrected chi connectivity index (χ0v) is 22.7. The predicted octanol–water partition coefficient (Wildman–Crippen LogP) is 8.92. The molecule has 3 nitrogen and oxygen atoms in total. The van der Waals surface area contributed by atoms with Crippen LogP contribution in [0.1, 0.15) is 77.2 Å². The van der Waals surface area contributed by atoms with Crippen molar-refractivity contribution in [2.75, 3.05) is 0 Å². The van der Waals surface area contributed by atoms with Gasteiger partial charge in [-0.05, 0) is 91.2 Å². The number of hydrogen-bond acceptors (Lipinski definition) is 2. The Morgan fingerprint density at radius 2 is 1.69 bits per heavy atom. The van der Waals surface area contributed by atoms with Gasteiger partial charge in [0, 0.05) is 32.6 Å².